The first-order chi connectivity index (χ1) is 14.5. The lowest BCUT2D eigenvalue weighted by molar-refractivity contribution is -0.385. The molecule has 1 aliphatic heterocycles. The molecule has 0 N–H and O–H groups in total. The zero-order chi connectivity index (χ0) is 21.3. The van der Waals surface area contributed by atoms with Gasteiger partial charge in [-0.15, -0.1) is 0 Å². The number of nitro groups is 1. The number of methoxy groups -OCH3 is 1. The lowest BCUT2D eigenvalue weighted by atomic mass is 10.1. The lowest BCUT2D eigenvalue weighted by Crippen LogP contribution is -2.49. The summed E-state index contributed by atoms with van der Waals surface area (Å²) in [6, 6.07) is 11.8. The standard InChI is InChI=1S/C20H19N5O5/c1-30-15-7-5-14(6-8-15)19(26)23-12-10-22(11-13-23)18-17(25(28)29)20(27)24-9-3-2-4-16(24)21-18/h2-9H,10-13H2,1H3. The maximum absolute atomic E-state index is 12.7. The highest BCUT2D eigenvalue weighted by Crippen LogP contribution is 2.24. The maximum Gasteiger partial charge on any atom is 0.376 e. The van der Waals surface area contributed by atoms with E-state index in [9.17, 15) is 19.7 Å². The molecule has 4 rings (SSSR count). The number of hydrogen-bond acceptors (Lipinski definition) is 7. The molecule has 154 valence electrons. The summed E-state index contributed by atoms with van der Waals surface area (Å²) >= 11 is 0. The molecule has 0 atom stereocenters. The summed E-state index contributed by atoms with van der Waals surface area (Å²) in [6.07, 6.45) is 1.45. The molecular formula is C20H19N5O5. The van der Waals surface area contributed by atoms with Crippen molar-refractivity contribution in [2.24, 2.45) is 0 Å². The Kier molecular flexibility index (Phi) is 5.05. The third-order valence-electron chi connectivity index (χ3n) is 5.08. The van der Waals surface area contributed by atoms with Gasteiger partial charge < -0.3 is 14.5 Å². The van der Waals surface area contributed by atoms with Crippen LogP contribution < -0.4 is 15.2 Å². The van der Waals surface area contributed by atoms with E-state index in [0.717, 1.165) is 4.40 Å². The zero-order valence-corrected chi connectivity index (χ0v) is 16.2. The van der Waals surface area contributed by atoms with Crippen molar-refractivity contribution in [1.82, 2.24) is 14.3 Å². The van der Waals surface area contributed by atoms with Crippen molar-refractivity contribution in [3.8, 4) is 5.75 Å². The summed E-state index contributed by atoms with van der Waals surface area (Å²) in [5.74, 6) is 0.573. The predicted molar refractivity (Wildman–Crippen MR) is 109 cm³/mol. The minimum absolute atomic E-state index is 0.0350. The molecule has 1 saturated heterocycles. The van der Waals surface area contributed by atoms with E-state index < -0.39 is 16.2 Å². The molecule has 1 amide bonds. The van der Waals surface area contributed by atoms with E-state index in [1.165, 1.54) is 6.20 Å². The molecule has 1 aliphatic rings. The molecule has 10 heteroatoms. The maximum atomic E-state index is 12.7. The molecule has 0 unspecified atom stereocenters. The number of carbonyl (C=O) groups excluding carboxylic acids is 1. The van der Waals surface area contributed by atoms with Crippen molar-refractivity contribution in [1.29, 1.82) is 0 Å². The number of amides is 1. The Morgan fingerprint density at radius 2 is 1.80 bits per heavy atom. The Bertz CT molecular complexity index is 1170. The summed E-state index contributed by atoms with van der Waals surface area (Å²) in [4.78, 5) is 44.0. The van der Waals surface area contributed by atoms with Gasteiger partial charge in [0.05, 0.1) is 12.0 Å². The highest BCUT2D eigenvalue weighted by atomic mass is 16.6. The highest BCUT2D eigenvalue weighted by Gasteiger charge is 2.31. The zero-order valence-electron chi connectivity index (χ0n) is 16.2. The van der Waals surface area contributed by atoms with Gasteiger partial charge in [-0.05, 0) is 36.4 Å². The van der Waals surface area contributed by atoms with Crippen LogP contribution in [0.5, 0.6) is 5.75 Å². The minimum atomic E-state index is -0.725. The van der Waals surface area contributed by atoms with Gasteiger partial charge in [-0.1, -0.05) is 6.07 Å². The SMILES string of the molecule is COc1ccc(C(=O)N2CCN(c3nc4ccccn4c(=O)c3[N+](=O)[O-])CC2)cc1. The van der Waals surface area contributed by atoms with Gasteiger partial charge in [0.15, 0.2) is 0 Å². The largest absolute Gasteiger partial charge is 0.497 e. The molecule has 2 aromatic heterocycles. The summed E-state index contributed by atoms with van der Waals surface area (Å²) in [6.45, 7) is 1.38. The lowest BCUT2D eigenvalue weighted by Gasteiger charge is -2.35. The van der Waals surface area contributed by atoms with Crippen molar-refractivity contribution >= 4 is 23.1 Å². The van der Waals surface area contributed by atoms with Crippen LogP contribution in [0.25, 0.3) is 5.65 Å². The van der Waals surface area contributed by atoms with E-state index in [0.29, 0.717) is 43.1 Å². The second kappa shape index (κ2) is 7.82. The van der Waals surface area contributed by atoms with Crippen molar-refractivity contribution in [2.75, 3.05) is 38.2 Å². The second-order valence-electron chi connectivity index (χ2n) is 6.78. The predicted octanol–water partition coefficient (Wildman–Crippen LogP) is 1.57. The highest BCUT2D eigenvalue weighted by molar-refractivity contribution is 5.94. The average molecular weight is 409 g/mol. The smallest absolute Gasteiger partial charge is 0.376 e. The summed E-state index contributed by atoms with van der Waals surface area (Å²) in [5, 5.41) is 11.6. The van der Waals surface area contributed by atoms with E-state index in [2.05, 4.69) is 4.98 Å². The quantitative estimate of drug-likeness (QED) is 0.475. The van der Waals surface area contributed by atoms with Crippen LogP contribution in [0.15, 0.2) is 53.5 Å². The van der Waals surface area contributed by atoms with E-state index in [-0.39, 0.29) is 11.7 Å². The molecule has 30 heavy (non-hydrogen) atoms. The molecule has 0 saturated carbocycles. The van der Waals surface area contributed by atoms with Gasteiger partial charge in [0.1, 0.15) is 11.4 Å². The average Bonchev–Trinajstić information content (AvgIpc) is 2.78. The fourth-order valence-electron chi connectivity index (χ4n) is 3.49. The number of fused-ring (bicyclic) bond motifs is 1. The second-order valence-corrected chi connectivity index (χ2v) is 6.78. The van der Waals surface area contributed by atoms with Crippen LogP contribution in [-0.4, -0.2) is 58.4 Å². The van der Waals surface area contributed by atoms with Crippen LogP contribution in [0.1, 0.15) is 10.4 Å². The van der Waals surface area contributed by atoms with Crippen LogP contribution in [0, 0.1) is 10.1 Å². The van der Waals surface area contributed by atoms with Crippen molar-refractivity contribution in [2.45, 2.75) is 0 Å². The van der Waals surface area contributed by atoms with Crippen LogP contribution >= 0.6 is 0 Å². The number of pyridine rings is 1. The number of aromatic nitrogens is 2. The molecule has 10 nitrogen and oxygen atoms in total. The topological polar surface area (TPSA) is 110 Å². The van der Waals surface area contributed by atoms with Crippen LogP contribution in [-0.2, 0) is 0 Å². The van der Waals surface area contributed by atoms with Gasteiger partial charge >= 0.3 is 11.2 Å². The number of hydrogen-bond donors (Lipinski definition) is 0. The summed E-state index contributed by atoms with van der Waals surface area (Å²) in [7, 11) is 1.56. The van der Waals surface area contributed by atoms with Gasteiger partial charge in [0, 0.05) is 37.9 Å². The molecular weight excluding hydrogens is 390 g/mol. The Labute approximate surface area is 171 Å². The van der Waals surface area contributed by atoms with Crippen LogP contribution in [0.3, 0.4) is 0 Å². The fourth-order valence-corrected chi connectivity index (χ4v) is 3.49. The minimum Gasteiger partial charge on any atom is -0.497 e. The van der Waals surface area contributed by atoms with Gasteiger partial charge in [-0.3, -0.25) is 24.1 Å². The first-order valence-electron chi connectivity index (χ1n) is 9.33. The number of carbonyl (C=O) groups is 1. The molecule has 3 heterocycles. The summed E-state index contributed by atoms with van der Waals surface area (Å²) < 4.78 is 6.27. The Morgan fingerprint density at radius 1 is 1.10 bits per heavy atom. The molecule has 0 radical (unpaired) electrons. The number of piperazine rings is 1. The van der Waals surface area contributed by atoms with Gasteiger partial charge in [-0.2, -0.15) is 0 Å². The van der Waals surface area contributed by atoms with Crippen molar-refractivity contribution in [3.63, 3.8) is 0 Å². The Balaban J connectivity index is 1.57. The van der Waals surface area contributed by atoms with E-state index in [1.54, 1.807) is 59.4 Å². The number of rotatable bonds is 4. The first kappa shape index (κ1) is 19.4. The number of nitrogens with zero attached hydrogens (tertiary/aromatic N) is 5. The first-order valence-corrected chi connectivity index (χ1v) is 9.33. The Hall–Kier alpha value is -3.95. The molecule has 1 fully saturated rings. The van der Waals surface area contributed by atoms with E-state index in [1.807, 2.05) is 0 Å². The summed E-state index contributed by atoms with van der Waals surface area (Å²) in [5.41, 5.74) is -0.414. The number of benzene rings is 1. The third kappa shape index (κ3) is 3.43. The van der Waals surface area contributed by atoms with E-state index >= 15 is 0 Å². The molecule has 0 spiro atoms. The molecule has 0 bridgehead atoms. The van der Waals surface area contributed by atoms with Gasteiger partial charge in [0.25, 0.3) is 5.91 Å². The number of ether oxygens (including phenoxy) is 1. The molecule has 0 aliphatic carbocycles. The van der Waals surface area contributed by atoms with Crippen LogP contribution in [0.2, 0.25) is 0 Å². The molecule has 3 aromatic rings. The van der Waals surface area contributed by atoms with Crippen molar-refractivity contribution in [3.05, 3.63) is 74.7 Å². The third-order valence-corrected chi connectivity index (χ3v) is 5.08. The molecule has 1 aromatic carbocycles. The normalized spacial score (nSPS) is 14.0. The van der Waals surface area contributed by atoms with Gasteiger partial charge in [-0.25, -0.2) is 4.98 Å². The van der Waals surface area contributed by atoms with Gasteiger partial charge in [0.2, 0.25) is 5.82 Å². The van der Waals surface area contributed by atoms with Crippen LogP contribution in [0.4, 0.5) is 11.5 Å². The fraction of sp³-hybridized carbons (Fsp3) is 0.250. The Morgan fingerprint density at radius 3 is 2.43 bits per heavy atom. The van der Waals surface area contributed by atoms with Crippen molar-refractivity contribution < 1.29 is 14.5 Å². The monoisotopic (exact) mass is 409 g/mol. The number of anilines is 1. The van der Waals surface area contributed by atoms with E-state index in [4.69, 9.17) is 4.74 Å².